The van der Waals surface area contributed by atoms with Crippen LogP contribution in [0.5, 0.6) is 5.75 Å². The van der Waals surface area contributed by atoms with Crippen molar-refractivity contribution in [1.82, 2.24) is 5.32 Å². The molecule has 0 radical (unpaired) electrons. The first-order chi connectivity index (χ1) is 9.11. The van der Waals surface area contributed by atoms with Gasteiger partial charge >= 0.3 is 5.97 Å². The summed E-state index contributed by atoms with van der Waals surface area (Å²) < 4.78 is 5.34. The van der Waals surface area contributed by atoms with Crippen molar-refractivity contribution in [2.24, 2.45) is 0 Å². The van der Waals surface area contributed by atoms with Crippen molar-refractivity contribution in [3.63, 3.8) is 0 Å². The van der Waals surface area contributed by atoms with E-state index in [2.05, 4.69) is 5.32 Å². The van der Waals surface area contributed by atoms with Crippen molar-refractivity contribution >= 4 is 5.97 Å². The first-order valence-corrected chi connectivity index (χ1v) is 6.44. The third-order valence-corrected chi connectivity index (χ3v) is 2.63. The number of aliphatic carboxylic acids is 1. The molecule has 19 heavy (non-hydrogen) atoms. The number of carboxylic acids is 1. The molecule has 0 aliphatic rings. The SMILES string of the molecule is CCOc1ccc(CNCC(O)CCC(=O)O)cc1. The van der Waals surface area contributed by atoms with E-state index in [4.69, 9.17) is 9.84 Å². The summed E-state index contributed by atoms with van der Waals surface area (Å²) in [6.07, 6.45) is -0.365. The van der Waals surface area contributed by atoms with Crippen LogP contribution in [0.25, 0.3) is 0 Å². The molecular formula is C14H21NO4. The molecule has 5 nitrogen and oxygen atoms in total. The Morgan fingerprint density at radius 3 is 2.63 bits per heavy atom. The third-order valence-electron chi connectivity index (χ3n) is 2.63. The molecule has 0 aliphatic heterocycles. The van der Waals surface area contributed by atoms with Gasteiger partial charge in [0.2, 0.25) is 0 Å². The van der Waals surface area contributed by atoms with Crippen LogP contribution in [-0.2, 0) is 11.3 Å². The maximum atomic E-state index is 10.3. The van der Waals surface area contributed by atoms with Crippen molar-refractivity contribution < 1.29 is 19.7 Å². The zero-order chi connectivity index (χ0) is 14.1. The molecule has 5 heteroatoms. The number of hydrogen-bond acceptors (Lipinski definition) is 4. The van der Waals surface area contributed by atoms with Gasteiger partial charge in [-0.15, -0.1) is 0 Å². The maximum Gasteiger partial charge on any atom is 0.303 e. The van der Waals surface area contributed by atoms with Crippen molar-refractivity contribution in [2.75, 3.05) is 13.2 Å². The zero-order valence-corrected chi connectivity index (χ0v) is 11.1. The van der Waals surface area contributed by atoms with Gasteiger partial charge in [-0.3, -0.25) is 4.79 Å². The minimum Gasteiger partial charge on any atom is -0.494 e. The van der Waals surface area contributed by atoms with Gasteiger partial charge in [-0.25, -0.2) is 0 Å². The van der Waals surface area contributed by atoms with Gasteiger partial charge < -0.3 is 20.3 Å². The van der Waals surface area contributed by atoms with Gasteiger partial charge in [-0.2, -0.15) is 0 Å². The first kappa shape index (κ1) is 15.5. The zero-order valence-electron chi connectivity index (χ0n) is 11.1. The van der Waals surface area contributed by atoms with E-state index in [9.17, 15) is 9.90 Å². The number of aliphatic hydroxyl groups is 1. The van der Waals surface area contributed by atoms with Crippen LogP contribution < -0.4 is 10.1 Å². The van der Waals surface area contributed by atoms with E-state index >= 15 is 0 Å². The summed E-state index contributed by atoms with van der Waals surface area (Å²) in [6, 6.07) is 7.73. The van der Waals surface area contributed by atoms with Crippen LogP contribution in [0.4, 0.5) is 0 Å². The Morgan fingerprint density at radius 1 is 1.37 bits per heavy atom. The van der Waals surface area contributed by atoms with Gasteiger partial charge in [-0.1, -0.05) is 12.1 Å². The fourth-order valence-electron chi connectivity index (χ4n) is 1.65. The monoisotopic (exact) mass is 267 g/mol. The van der Waals surface area contributed by atoms with E-state index in [0.29, 0.717) is 19.7 Å². The lowest BCUT2D eigenvalue weighted by atomic mass is 10.2. The van der Waals surface area contributed by atoms with Crippen molar-refractivity contribution in [3.8, 4) is 5.75 Å². The van der Waals surface area contributed by atoms with Crippen molar-refractivity contribution in [2.45, 2.75) is 32.4 Å². The van der Waals surface area contributed by atoms with Crippen LogP contribution in [0.15, 0.2) is 24.3 Å². The third kappa shape index (κ3) is 6.79. The molecule has 0 fully saturated rings. The number of hydrogen-bond donors (Lipinski definition) is 3. The average Bonchev–Trinajstić information content (AvgIpc) is 2.39. The molecular weight excluding hydrogens is 246 g/mol. The number of nitrogens with one attached hydrogen (secondary N) is 1. The quantitative estimate of drug-likeness (QED) is 0.630. The molecule has 0 amide bonds. The highest BCUT2D eigenvalue weighted by Crippen LogP contribution is 2.11. The molecule has 0 heterocycles. The van der Waals surface area contributed by atoms with Crippen LogP contribution in [0.3, 0.4) is 0 Å². The number of carbonyl (C=O) groups is 1. The van der Waals surface area contributed by atoms with Gasteiger partial charge in [-0.05, 0) is 31.0 Å². The van der Waals surface area contributed by atoms with Crippen LogP contribution >= 0.6 is 0 Å². The van der Waals surface area contributed by atoms with Gasteiger partial charge in [0, 0.05) is 19.5 Å². The number of aliphatic hydroxyl groups excluding tert-OH is 1. The van der Waals surface area contributed by atoms with Gasteiger partial charge in [0.05, 0.1) is 12.7 Å². The molecule has 3 N–H and O–H groups in total. The topological polar surface area (TPSA) is 78.8 Å². The van der Waals surface area contributed by atoms with Crippen molar-refractivity contribution in [1.29, 1.82) is 0 Å². The summed E-state index contributed by atoms with van der Waals surface area (Å²) in [5.41, 5.74) is 1.09. The highest BCUT2D eigenvalue weighted by Gasteiger charge is 2.06. The molecule has 0 saturated heterocycles. The Labute approximate surface area is 113 Å². The van der Waals surface area contributed by atoms with Crippen LogP contribution in [-0.4, -0.2) is 35.4 Å². The lowest BCUT2D eigenvalue weighted by molar-refractivity contribution is -0.137. The average molecular weight is 267 g/mol. The van der Waals surface area contributed by atoms with Crippen LogP contribution in [0, 0.1) is 0 Å². The lowest BCUT2D eigenvalue weighted by Gasteiger charge is -2.11. The van der Waals surface area contributed by atoms with E-state index in [1.165, 1.54) is 0 Å². The number of rotatable bonds is 9. The van der Waals surface area contributed by atoms with Crippen LogP contribution in [0.2, 0.25) is 0 Å². The second kappa shape index (κ2) is 8.50. The predicted octanol–water partition coefficient (Wildman–Crippen LogP) is 1.40. The molecule has 0 saturated carbocycles. The summed E-state index contributed by atoms with van der Waals surface area (Å²) in [7, 11) is 0. The van der Waals surface area contributed by atoms with E-state index < -0.39 is 12.1 Å². The summed E-state index contributed by atoms with van der Waals surface area (Å²) in [4.78, 5) is 10.3. The predicted molar refractivity (Wildman–Crippen MR) is 72.2 cm³/mol. The molecule has 1 unspecified atom stereocenters. The highest BCUT2D eigenvalue weighted by atomic mass is 16.5. The van der Waals surface area contributed by atoms with Gasteiger partial charge in [0.15, 0.2) is 0 Å². The second-order valence-electron chi connectivity index (χ2n) is 4.29. The highest BCUT2D eigenvalue weighted by molar-refractivity contribution is 5.66. The number of carboxylic acid groups (broad SMARTS) is 1. The van der Waals surface area contributed by atoms with Gasteiger partial charge in [0.25, 0.3) is 0 Å². The van der Waals surface area contributed by atoms with E-state index in [0.717, 1.165) is 11.3 Å². The molecule has 1 rings (SSSR count). The molecule has 1 aromatic carbocycles. The van der Waals surface area contributed by atoms with Crippen LogP contribution in [0.1, 0.15) is 25.3 Å². The second-order valence-corrected chi connectivity index (χ2v) is 4.29. The molecule has 0 spiro atoms. The minimum absolute atomic E-state index is 0.00804. The molecule has 1 aromatic rings. The Bertz CT molecular complexity index is 378. The summed E-state index contributed by atoms with van der Waals surface area (Å²) in [6.45, 7) is 3.61. The molecule has 0 aromatic heterocycles. The summed E-state index contributed by atoms with van der Waals surface area (Å²) >= 11 is 0. The van der Waals surface area contributed by atoms with E-state index in [-0.39, 0.29) is 12.8 Å². The first-order valence-electron chi connectivity index (χ1n) is 6.44. The van der Waals surface area contributed by atoms with Crippen molar-refractivity contribution in [3.05, 3.63) is 29.8 Å². The standard InChI is InChI=1S/C14H21NO4/c1-2-19-13-6-3-11(4-7-13)9-15-10-12(16)5-8-14(17)18/h3-4,6-7,12,15-16H,2,5,8-10H2,1H3,(H,17,18). The fourth-order valence-corrected chi connectivity index (χ4v) is 1.65. The molecule has 0 bridgehead atoms. The minimum atomic E-state index is -0.884. The Kier molecular flexibility index (Phi) is 6.92. The molecule has 1 atom stereocenters. The maximum absolute atomic E-state index is 10.3. The summed E-state index contributed by atoms with van der Waals surface area (Å²) in [5, 5.41) is 21.1. The van der Waals surface area contributed by atoms with E-state index in [1.807, 2.05) is 31.2 Å². The Morgan fingerprint density at radius 2 is 2.05 bits per heavy atom. The normalized spacial score (nSPS) is 12.1. The Balaban J connectivity index is 2.23. The summed E-state index contributed by atoms with van der Waals surface area (Å²) in [5.74, 6) is -0.0432. The molecule has 0 aliphatic carbocycles. The number of ether oxygens (including phenoxy) is 1. The molecule has 106 valence electrons. The van der Waals surface area contributed by atoms with E-state index in [1.54, 1.807) is 0 Å². The fraction of sp³-hybridized carbons (Fsp3) is 0.500. The smallest absolute Gasteiger partial charge is 0.303 e. The Hall–Kier alpha value is -1.59. The number of benzene rings is 1. The largest absolute Gasteiger partial charge is 0.494 e. The van der Waals surface area contributed by atoms with Gasteiger partial charge in [0.1, 0.15) is 5.75 Å². The lowest BCUT2D eigenvalue weighted by Crippen LogP contribution is -2.26.